The first-order valence-electron chi connectivity index (χ1n) is 3.48. The maximum atomic E-state index is 9.75. The van der Waals surface area contributed by atoms with Crippen LogP contribution in [0.15, 0.2) is 0 Å². The summed E-state index contributed by atoms with van der Waals surface area (Å²) >= 11 is 17.2. The van der Waals surface area contributed by atoms with Crippen LogP contribution in [0.1, 0.15) is 0 Å². The van der Waals surface area contributed by atoms with E-state index in [0.29, 0.717) is 15.6 Å². The summed E-state index contributed by atoms with van der Waals surface area (Å²) in [5.74, 6) is 0. The summed E-state index contributed by atoms with van der Waals surface area (Å²) in [5.41, 5.74) is 0. The van der Waals surface area contributed by atoms with Gasteiger partial charge in [0.15, 0.2) is 0 Å². The highest BCUT2D eigenvalue weighted by molar-refractivity contribution is 6.50. The highest BCUT2D eigenvalue weighted by atomic mass is 35.5. The van der Waals surface area contributed by atoms with Gasteiger partial charge in [-0.3, -0.25) is 0 Å². The average Bonchev–Trinajstić information content (AvgIpc) is 2.21. The number of imidazole rings is 1. The van der Waals surface area contributed by atoms with Crippen molar-refractivity contribution < 1.29 is 21.8 Å². The SMILES string of the molecule is Cn1c(Cl)c(Cl)[n+](C)c1Cl.F[B-](F)(F)F. The first-order chi connectivity index (χ1) is 6.55. The van der Waals surface area contributed by atoms with Crippen molar-refractivity contribution in [2.24, 2.45) is 14.1 Å². The Kier molecular flexibility index (Phi) is 5.22. The highest BCUT2D eigenvalue weighted by Gasteiger charge is 2.21. The Bertz CT molecular complexity index is 265. The molecule has 0 saturated carbocycles. The zero-order chi connectivity index (χ0) is 12.4. The number of aromatic nitrogens is 2. The Morgan fingerprint density at radius 3 is 1.53 bits per heavy atom. The fraction of sp³-hybridized carbons (Fsp3) is 0.400. The van der Waals surface area contributed by atoms with Gasteiger partial charge in [-0.15, -0.1) is 0 Å². The van der Waals surface area contributed by atoms with Crippen LogP contribution in [0.25, 0.3) is 0 Å². The van der Waals surface area contributed by atoms with Gasteiger partial charge in [-0.1, -0.05) is 0 Å². The third-order valence-electron chi connectivity index (χ3n) is 1.31. The Balaban J connectivity index is 0.000000336. The molecule has 1 heterocycles. The molecule has 0 unspecified atom stereocenters. The number of rotatable bonds is 0. The lowest BCUT2D eigenvalue weighted by atomic mass is 10.3. The molecule has 1 aromatic rings. The van der Waals surface area contributed by atoms with E-state index in [4.69, 9.17) is 34.8 Å². The van der Waals surface area contributed by atoms with Crippen LogP contribution in [-0.4, -0.2) is 11.8 Å². The molecular formula is C5H6BCl3F4N2. The third kappa shape index (κ3) is 4.95. The van der Waals surface area contributed by atoms with Gasteiger partial charge < -0.3 is 17.3 Å². The van der Waals surface area contributed by atoms with Gasteiger partial charge in [-0.2, -0.15) is 0 Å². The molecule has 2 nitrogen and oxygen atoms in total. The number of halogens is 7. The second-order valence-electron chi connectivity index (χ2n) is 2.46. The highest BCUT2D eigenvalue weighted by Crippen LogP contribution is 2.21. The van der Waals surface area contributed by atoms with Crippen molar-refractivity contribution in [3.8, 4) is 0 Å². The fourth-order valence-corrected chi connectivity index (χ4v) is 1.33. The summed E-state index contributed by atoms with van der Waals surface area (Å²) in [7, 11) is -2.51. The number of nitrogens with zero attached hydrogens (tertiary/aromatic N) is 2. The zero-order valence-corrected chi connectivity index (χ0v) is 9.89. The van der Waals surface area contributed by atoms with Crippen molar-refractivity contribution in [3.05, 3.63) is 15.6 Å². The van der Waals surface area contributed by atoms with E-state index in [1.807, 2.05) is 0 Å². The van der Waals surface area contributed by atoms with E-state index in [2.05, 4.69) is 0 Å². The van der Waals surface area contributed by atoms with Gasteiger partial charge in [0.2, 0.25) is 0 Å². The molecule has 1 rings (SSSR count). The quantitative estimate of drug-likeness (QED) is 0.394. The molecule has 0 bridgehead atoms. The molecule has 10 heteroatoms. The van der Waals surface area contributed by atoms with Crippen molar-refractivity contribution in [1.29, 1.82) is 0 Å². The van der Waals surface area contributed by atoms with Crippen LogP contribution < -0.4 is 4.57 Å². The van der Waals surface area contributed by atoms with Gasteiger partial charge in [0, 0.05) is 11.6 Å². The molecule has 0 aliphatic rings. The molecule has 88 valence electrons. The molecular weight excluding hydrogens is 281 g/mol. The molecule has 1 aromatic heterocycles. The van der Waals surface area contributed by atoms with Crippen LogP contribution in [0.4, 0.5) is 17.3 Å². The molecule has 0 aliphatic carbocycles. The van der Waals surface area contributed by atoms with Gasteiger partial charge in [-0.05, 0) is 23.2 Å². The van der Waals surface area contributed by atoms with Gasteiger partial charge in [0.05, 0.1) is 14.1 Å². The van der Waals surface area contributed by atoms with Gasteiger partial charge >= 0.3 is 12.5 Å². The van der Waals surface area contributed by atoms with E-state index in [1.54, 1.807) is 23.2 Å². The minimum Gasteiger partial charge on any atom is -0.418 e. The van der Waals surface area contributed by atoms with E-state index in [-0.39, 0.29) is 0 Å². The van der Waals surface area contributed by atoms with E-state index < -0.39 is 7.25 Å². The molecule has 0 aliphatic heterocycles. The Morgan fingerprint density at radius 1 is 1.13 bits per heavy atom. The Labute approximate surface area is 98.4 Å². The van der Waals surface area contributed by atoms with Crippen molar-refractivity contribution in [2.75, 3.05) is 0 Å². The van der Waals surface area contributed by atoms with Crippen molar-refractivity contribution in [1.82, 2.24) is 4.57 Å². The topological polar surface area (TPSA) is 8.81 Å². The molecule has 0 atom stereocenters. The van der Waals surface area contributed by atoms with E-state index in [0.717, 1.165) is 0 Å². The van der Waals surface area contributed by atoms with Crippen molar-refractivity contribution >= 4 is 42.1 Å². The van der Waals surface area contributed by atoms with E-state index in [1.165, 1.54) is 0 Å². The average molecular weight is 287 g/mol. The first-order valence-corrected chi connectivity index (χ1v) is 4.61. The largest absolute Gasteiger partial charge is 0.673 e. The summed E-state index contributed by atoms with van der Waals surface area (Å²) in [6, 6.07) is 0. The molecule has 0 spiro atoms. The molecule has 0 fully saturated rings. The van der Waals surface area contributed by atoms with Crippen LogP contribution in [0.5, 0.6) is 0 Å². The molecule has 15 heavy (non-hydrogen) atoms. The summed E-state index contributed by atoms with van der Waals surface area (Å²) in [5, 5.41) is 1.42. The van der Waals surface area contributed by atoms with Crippen LogP contribution in [-0.2, 0) is 14.1 Å². The molecule has 0 amide bonds. The van der Waals surface area contributed by atoms with Crippen molar-refractivity contribution in [2.45, 2.75) is 0 Å². The van der Waals surface area contributed by atoms with Crippen LogP contribution >= 0.6 is 34.8 Å². The molecule has 0 radical (unpaired) electrons. The lowest BCUT2D eigenvalue weighted by molar-refractivity contribution is -0.666. The standard InChI is InChI=1S/C5H6Cl3N2.BF4/c1-9-3(6)4(7)10(2)5(9)8;2-1(3,4)5/h1-2H3;/q+1;-1. The second kappa shape index (κ2) is 5.27. The minimum absolute atomic E-state index is 0.453. The number of hydrogen-bond acceptors (Lipinski definition) is 0. The summed E-state index contributed by atoms with van der Waals surface area (Å²) in [4.78, 5) is 0. The third-order valence-corrected chi connectivity index (χ3v) is 2.78. The van der Waals surface area contributed by atoms with Gasteiger partial charge in [0.25, 0.3) is 10.3 Å². The number of hydrogen-bond donors (Lipinski definition) is 0. The monoisotopic (exact) mass is 286 g/mol. The smallest absolute Gasteiger partial charge is 0.418 e. The second-order valence-corrected chi connectivity index (χ2v) is 3.52. The van der Waals surface area contributed by atoms with Crippen LogP contribution in [0.3, 0.4) is 0 Å². The molecule has 0 N–H and O–H groups in total. The zero-order valence-electron chi connectivity index (χ0n) is 7.62. The Hall–Kier alpha value is -0.135. The van der Waals surface area contributed by atoms with Crippen LogP contribution in [0, 0.1) is 0 Å². The maximum absolute atomic E-state index is 9.75. The van der Waals surface area contributed by atoms with E-state index in [9.17, 15) is 17.3 Å². The van der Waals surface area contributed by atoms with Crippen LogP contribution in [0.2, 0.25) is 15.6 Å². The first kappa shape index (κ1) is 14.9. The maximum Gasteiger partial charge on any atom is 0.673 e. The summed E-state index contributed by atoms with van der Waals surface area (Å²) in [6.07, 6.45) is 0. The predicted molar refractivity (Wildman–Crippen MR) is 51.8 cm³/mol. The predicted octanol–water partition coefficient (Wildman–Crippen LogP) is 3.11. The minimum atomic E-state index is -6.00. The van der Waals surface area contributed by atoms with Crippen molar-refractivity contribution in [3.63, 3.8) is 0 Å². The normalized spacial score (nSPS) is 11.0. The van der Waals surface area contributed by atoms with E-state index >= 15 is 0 Å². The van der Waals surface area contributed by atoms with Gasteiger partial charge in [0.1, 0.15) is 0 Å². The Morgan fingerprint density at radius 2 is 1.47 bits per heavy atom. The summed E-state index contributed by atoms with van der Waals surface area (Å²) in [6.45, 7) is 0. The van der Waals surface area contributed by atoms with Gasteiger partial charge in [-0.25, -0.2) is 9.13 Å². The molecule has 0 aromatic carbocycles. The lowest BCUT2D eigenvalue weighted by Gasteiger charge is -1.94. The summed E-state index contributed by atoms with van der Waals surface area (Å²) < 4.78 is 42.2. The lowest BCUT2D eigenvalue weighted by Crippen LogP contribution is -2.28. The fourth-order valence-electron chi connectivity index (χ4n) is 0.664. The molecule has 0 saturated heterocycles.